The van der Waals surface area contributed by atoms with Crippen molar-refractivity contribution in [3.8, 4) is 0 Å². The molecule has 1 aliphatic rings. The molecule has 1 rings (SSSR count). The molecule has 0 saturated carbocycles. The van der Waals surface area contributed by atoms with Gasteiger partial charge in [-0.2, -0.15) is 6.08 Å². The molecule has 0 aromatic rings. The normalized spacial score (nSPS) is 11.8. The van der Waals surface area contributed by atoms with Gasteiger partial charge in [-0.3, -0.25) is 6.08 Å². The van der Waals surface area contributed by atoms with E-state index < -0.39 is 8.80 Å². The molecule has 0 fully saturated rings. The molecule has 1 aliphatic carbocycles. The zero-order valence-corrected chi connectivity index (χ0v) is 18.7. The summed E-state index contributed by atoms with van der Waals surface area (Å²) in [4.78, 5) is 0. The van der Waals surface area contributed by atoms with Crippen molar-refractivity contribution in [2.24, 2.45) is 0 Å². The van der Waals surface area contributed by atoms with Crippen molar-refractivity contribution in [3.63, 3.8) is 0 Å². The third-order valence-electron chi connectivity index (χ3n) is 2.33. The van der Waals surface area contributed by atoms with E-state index in [9.17, 15) is 0 Å². The minimum Gasteiger partial charge on any atom is -0.496 e. The largest absolute Gasteiger partial charge is 4.00 e. The fraction of sp³-hybridized carbons (Fsp3) is 0.278. The Morgan fingerprint density at radius 2 is 1.30 bits per heavy atom. The van der Waals surface area contributed by atoms with Gasteiger partial charge in [-0.15, -0.1) is 6.42 Å². The van der Waals surface area contributed by atoms with E-state index >= 15 is 0 Å². The van der Waals surface area contributed by atoms with Gasteiger partial charge in [0.05, 0.1) is 17.3 Å². The Kier molecular flexibility index (Phi) is 16.2. The number of hydrogen-bond donors (Lipinski definition) is 0. The second kappa shape index (κ2) is 12.4. The van der Waals surface area contributed by atoms with Gasteiger partial charge in [-0.05, 0) is 20.8 Å². The molecule has 0 saturated heterocycles. The van der Waals surface area contributed by atoms with Gasteiger partial charge in [-0.1, -0.05) is 31.9 Å². The van der Waals surface area contributed by atoms with Crippen LogP contribution in [-0.4, -0.2) is 8.80 Å². The van der Waals surface area contributed by atoms with Gasteiger partial charge < -0.3 is 35.6 Å². The van der Waals surface area contributed by atoms with E-state index in [0.717, 1.165) is 17.2 Å². The molecule has 0 heterocycles. The molecule has 0 spiro atoms. The maximum atomic E-state index is 5.86. The molecule has 0 bridgehead atoms. The Morgan fingerprint density at radius 1 is 0.957 bits per heavy atom. The van der Waals surface area contributed by atoms with Crippen LogP contribution >= 0.6 is 0 Å². The summed E-state index contributed by atoms with van der Waals surface area (Å²) in [6.07, 6.45) is 5.97. The summed E-state index contributed by atoms with van der Waals surface area (Å²) in [5.41, 5.74) is 0.982. The molecule has 3 nitrogen and oxygen atoms in total. The van der Waals surface area contributed by atoms with Gasteiger partial charge in [0.2, 0.25) is 0 Å². The van der Waals surface area contributed by atoms with E-state index in [-0.39, 0.29) is 43.3 Å². The molecule has 0 aliphatic heterocycles. The Labute approximate surface area is 159 Å². The molecule has 23 heavy (non-hydrogen) atoms. The van der Waals surface area contributed by atoms with Crippen LogP contribution in [0.3, 0.4) is 0 Å². The summed E-state index contributed by atoms with van der Waals surface area (Å²) >= 11 is 0. The van der Waals surface area contributed by atoms with Crippen LogP contribution in [0, 0.1) is 28.4 Å². The molecule has 0 unspecified atom stereocenters. The summed E-state index contributed by atoms with van der Waals surface area (Å²) in [6, 6.07) is 0. The first kappa shape index (κ1) is 29.9. The van der Waals surface area contributed by atoms with E-state index in [1.54, 1.807) is 20.8 Å². The Morgan fingerprint density at radius 3 is 1.52 bits per heavy atom. The van der Waals surface area contributed by atoms with E-state index in [2.05, 4.69) is 25.8 Å². The summed E-state index contributed by atoms with van der Waals surface area (Å²) in [6.45, 7) is 18.6. The molecule has 0 atom stereocenters. The maximum absolute atomic E-state index is 5.86. The van der Waals surface area contributed by atoms with Crippen molar-refractivity contribution in [1.82, 2.24) is 0 Å². The van der Waals surface area contributed by atoms with Crippen LogP contribution < -0.4 is 0 Å². The van der Waals surface area contributed by atoms with Crippen LogP contribution in [0.5, 0.6) is 0 Å². The maximum Gasteiger partial charge on any atom is 4.00 e. The average Bonchev–Trinajstić information content (AvgIpc) is 2.61. The molecule has 134 valence electrons. The number of hydrogen-bond acceptors (Lipinski definition) is 3. The van der Waals surface area contributed by atoms with Gasteiger partial charge in [0.15, 0.2) is 0 Å². The van der Waals surface area contributed by atoms with Crippen molar-refractivity contribution in [1.29, 1.82) is 0 Å². The van der Waals surface area contributed by atoms with E-state index in [1.165, 1.54) is 0 Å². The topological polar surface area (TPSA) is 27.7 Å². The quantitative estimate of drug-likeness (QED) is 0.252. The van der Waals surface area contributed by atoms with E-state index in [4.69, 9.17) is 13.3 Å². The van der Waals surface area contributed by atoms with Crippen molar-refractivity contribution in [2.45, 2.75) is 34.1 Å². The first-order valence-electron chi connectivity index (χ1n) is 6.09. The van der Waals surface area contributed by atoms with Crippen molar-refractivity contribution < 1.29 is 34.3 Å². The Bertz CT molecular complexity index is 438. The second-order valence-electron chi connectivity index (χ2n) is 4.59. The minimum absolute atomic E-state index is 0. The van der Waals surface area contributed by atoms with Gasteiger partial charge in [-0.25, -0.2) is 5.57 Å². The molecule has 0 amide bonds. The standard InChI is InChI=1S/C15H21O3Si.3CH3.Pt/c1-11(2)16-19(17-12(3)4,18-13(5)6)15-10-8-9-14(15)7;;;;/h10H,1,3,5,8H2,2,4,6-7H3;3*1H3;/q4*-1;+4. The molecule has 0 N–H and O–H groups in total. The van der Waals surface area contributed by atoms with Gasteiger partial charge in [0.25, 0.3) is 0 Å². The molecular formula is C18H30O3PtSi. The molecule has 0 aromatic carbocycles. The second-order valence-corrected chi connectivity index (χ2v) is 6.86. The van der Waals surface area contributed by atoms with Crippen LogP contribution in [0.4, 0.5) is 0 Å². The number of rotatable bonds is 7. The van der Waals surface area contributed by atoms with Crippen molar-refractivity contribution in [3.05, 3.63) is 82.2 Å². The van der Waals surface area contributed by atoms with Crippen molar-refractivity contribution >= 4 is 8.80 Å². The summed E-state index contributed by atoms with van der Waals surface area (Å²) in [5.74, 6) is 1.61. The summed E-state index contributed by atoms with van der Waals surface area (Å²) in [7, 11) is -3.15. The van der Waals surface area contributed by atoms with Crippen LogP contribution in [-0.2, 0) is 34.3 Å². The van der Waals surface area contributed by atoms with Gasteiger partial charge in [0.1, 0.15) is 0 Å². The zero-order valence-electron chi connectivity index (χ0n) is 15.4. The Balaban J connectivity index is -0.000000451. The third-order valence-corrected chi connectivity index (χ3v) is 5.42. The van der Waals surface area contributed by atoms with E-state index in [1.807, 2.05) is 13.0 Å². The first-order valence-corrected chi connectivity index (χ1v) is 7.81. The van der Waals surface area contributed by atoms with Crippen LogP contribution in [0.1, 0.15) is 34.1 Å². The first-order chi connectivity index (χ1) is 8.77. The third kappa shape index (κ3) is 8.43. The van der Waals surface area contributed by atoms with Crippen molar-refractivity contribution in [2.75, 3.05) is 0 Å². The summed E-state index contributed by atoms with van der Waals surface area (Å²) < 4.78 is 17.6. The fourth-order valence-corrected chi connectivity index (χ4v) is 4.56. The molecular weight excluding hydrogens is 487 g/mol. The average molecular weight is 518 g/mol. The minimum atomic E-state index is -3.15. The van der Waals surface area contributed by atoms with Crippen LogP contribution in [0.15, 0.2) is 53.9 Å². The monoisotopic (exact) mass is 517 g/mol. The Hall–Kier alpha value is -0.995. The molecule has 5 heteroatoms. The summed E-state index contributed by atoms with van der Waals surface area (Å²) in [5, 5.41) is 0.904. The predicted octanol–water partition coefficient (Wildman–Crippen LogP) is 5.54. The molecule has 0 radical (unpaired) electrons. The smallest absolute Gasteiger partial charge is 0.496 e. The van der Waals surface area contributed by atoms with Crippen LogP contribution in [0.25, 0.3) is 0 Å². The zero-order chi connectivity index (χ0) is 14.6. The van der Waals surface area contributed by atoms with Crippen LogP contribution in [0.2, 0.25) is 0 Å². The van der Waals surface area contributed by atoms with Gasteiger partial charge in [0, 0.05) is 0 Å². The number of allylic oxidation sites excluding steroid dienone is 7. The SMILES string of the molecule is C=C(C)O[Si](OC(=C)C)(OC(=C)C)C1=CC[C-]=C1C.[CH3-].[CH3-].[CH3-].[Pt+4]. The molecule has 0 aromatic heterocycles. The van der Waals surface area contributed by atoms with E-state index in [0.29, 0.717) is 17.3 Å². The predicted molar refractivity (Wildman–Crippen MR) is 97.8 cm³/mol. The fourth-order valence-electron chi connectivity index (χ4n) is 1.82. The van der Waals surface area contributed by atoms with Gasteiger partial charge >= 0.3 is 29.9 Å².